The van der Waals surface area contributed by atoms with Crippen molar-refractivity contribution >= 4 is 22.5 Å². The standard InChI is InChI=1S/C10H8ClNO2/c1-12-9-4-6(13)2-3-7(9)8(11)5-10(12)14/h2-5,13H,1H3. The van der Waals surface area contributed by atoms with Gasteiger partial charge in [-0.2, -0.15) is 0 Å². The smallest absolute Gasteiger partial charge is 0.252 e. The van der Waals surface area contributed by atoms with Gasteiger partial charge in [-0.15, -0.1) is 0 Å². The molecule has 1 aromatic heterocycles. The van der Waals surface area contributed by atoms with Crippen molar-refractivity contribution in [3.05, 3.63) is 39.6 Å². The highest BCUT2D eigenvalue weighted by Crippen LogP contribution is 2.24. The molecule has 1 N–H and O–H groups in total. The molecule has 0 saturated carbocycles. The molecule has 72 valence electrons. The van der Waals surface area contributed by atoms with Crippen molar-refractivity contribution in [2.45, 2.75) is 0 Å². The highest BCUT2D eigenvalue weighted by molar-refractivity contribution is 6.35. The van der Waals surface area contributed by atoms with Crippen LogP contribution in [0.3, 0.4) is 0 Å². The van der Waals surface area contributed by atoms with E-state index in [1.165, 1.54) is 16.7 Å². The topological polar surface area (TPSA) is 42.2 Å². The maximum Gasteiger partial charge on any atom is 0.252 e. The van der Waals surface area contributed by atoms with E-state index in [9.17, 15) is 9.90 Å². The van der Waals surface area contributed by atoms with Gasteiger partial charge in [-0.3, -0.25) is 4.79 Å². The van der Waals surface area contributed by atoms with Crippen molar-refractivity contribution in [3.63, 3.8) is 0 Å². The van der Waals surface area contributed by atoms with E-state index in [1.54, 1.807) is 19.2 Å². The van der Waals surface area contributed by atoms with Gasteiger partial charge in [0.1, 0.15) is 5.75 Å². The molecule has 4 heteroatoms. The second-order valence-electron chi connectivity index (χ2n) is 3.09. The van der Waals surface area contributed by atoms with E-state index in [2.05, 4.69) is 0 Å². The van der Waals surface area contributed by atoms with E-state index in [-0.39, 0.29) is 11.3 Å². The van der Waals surface area contributed by atoms with E-state index in [4.69, 9.17) is 11.6 Å². The van der Waals surface area contributed by atoms with Crippen molar-refractivity contribution < 1.29 is 5.11 Å². The molecule has 0 saturated heterocycles. The minimum absolute atomic E-state index is 0.120. The van der Waals surface area contributed by atoms with Gasteiger partial charge in [-0.05, 0) is 12.1 Å². The maximum atomic E-state index is 11.4. The van der Waals surface area contributed by atoms with Gasteiger partial charge in [-0.25, -0.2) is 0 Å². The molecule has 0 spiro atoms. The third kappa shape index (κ3) is 1.26. The number of aromatic hydroxyl groups is 1. The zero-order chi connectivity index (χ0) is 10.3. The molecule has 0 aliphatic rings. The van der Waals surface area contributed by atoms with Crippen molar-refractivity contribution in [1.29, 1.82) is 0 Å². The zero-order valence-electron chi connectivity index (χ0n) is 7.49. The quantitative estimate of drug-likeness (QED) is 0.720. The number of rotatable bonds is 0. The van der Waals surface area contributed by atoms with Gasteiger partial charge in [0.15, 0.2) is 0 Å². The van der Waals surface area contributed by atoms with Crippen LogP contribution in [-0.2, 0) is 7.05 Å². The van der Waals surface area contributed by atoms with Gasteiger partial charge in [0.25, 0.3) is 5.56 Å². The van der Waals surface area contributed by atoms with Gasteiger partial charge in [0, 0.05) is 24.6 Å². The van der Waals surface area contributed by atoms with Gasteiger partial charge >= 0.3 is 0 Å². The molecule has 0 aliphatic heterocycles. The van der Waals surface area contributed by atoms with Crippen LogP contribution >= 0.6 is 11.6 Å². The Labute approximate surface area is 85.2 Å². The summed E-state index contributed by atoms with van der Waals surface area (Å²) in [6, 6.07) is 6.11. The second-order valence-corrected chi connectivity index (χ2v) is 3.50. The fourth-order valence-corrected chi connectivity index (χ4v) is 1.65. The number of benzene rings is 1. The van der Waals surface area contributed by atoms with E-state index in [0.29, 0.717) is 10.5 Å². The predicted molar refractivity (Wildman–Crippen MR) is 55.9 cm³/mol. The fourth-order valence-electron chi connectivity index (χ4n) is 1.40. The lowest BCUT2D eigenvalue weighted by Gasteiger charge is -2.05. The van der Waals surface area contributed by atoms with Crippen molar-refractivity contribution in [2.24, 2.45) is 7.05 Å². The number of nitrogens with zero attached hydrogens (tertiary/aromatic N) is 1. The summed E-state index contributed by atoms with van der Waals surface area (Å²) in [7, 11) is 1.64. The second kappa shape index (κ2) is 3.03. The first-order valence-electron chi connectivity index (χ1n) is 4.08. The first-order chi connectivity index (χ1) is 6.59. The zero-order valence-corrected chi connectivity index (χ0v) is 8.25. The lowest BCUT2D eigenvalue weighted by molar-refractivity contribution is 0.476. The Balaban J connectivity index is 3.03. The summed E-state index contributed by atoms with van der Waals surface area (Å²) < 4.78 is 1.45. The third-order valence-corrected chi connectivity index (χ3v) is 2.49. The molecule has 0 radical (unpaired) electrons. The van der Waals surface area contributed by atoms with Crippen molar-refractivity contribution in [2.75, 3.05) is 0 Å². The molecular formula is C10H8ClNO2. The number of phenolic OH excluding ortho intramolecular Hbond substituents is 1. The van der Waals surface area contributed by atoms with Gasteiger partial charge in [0.2, 0.25) is 0 Å². The Kier molecular flexibility index (Phi) is 1.97. The van der Waals surface area contributed by atoms with Gasteiger partial charge in [-0.1, -0.05) is 11.6 Å². The Morgan fingerprint density at radius 1 is 1.36 bits per heavy atom. The first-order valence-corrected chi connectivity index (χ1v) is 4.45. The van der Waals surface area contributed by atoms with Gasteiger partial charge in [0.05, 0.1) is 10.5 Å². The van der Waals surface area contributed by atoms with E-state index >= 15 is 0 Å². The van der Waals surface area contributed by atoms with Crippen LogP contribution < -0.4 is 5.56 Å². The average Bonchev–Trinajstić information content (AvgIpc) is 2.14. The van der Waals surface area contributed by atoms with Crippen LogP contribution in [0.2, 0.25) is 5.02 Å². The summed E-state index contributed by atoms with van der Waals surface area (Å²) in [6.07, 6.45) is 0. The third-order valence-electron chi connectivity index (χ3n) is 2.18. The highest BCUT2D eigenvalue weighted by atomic mass is 35.5. The number of hydrogen-bond donors (Lipinski definition) is 1. The molecule has 1 heterocycles. The fraction of sp³-hybridized carbons (Fsp3) is 0.100. The molecule has 3 nitrogen and oxygen atoms in total. The van der Waals surface area contributed by atoms with Crippen molar-refractivity contribution in [3.8, 4) is 5.75 Å². The summed E-state index contributed by atoms with van der Waals surface area (Å²) in [5, 5.41) is 10.4. The minimum Gasteiger partial charge on any atom is -0.508 e. The Morgan fingerprint density at radius 3 is 2.79 bits per heavy atom. The maximum absolute atomic E-state index is 11.4. The van der Waals surface area contributed by atoms with Crippen LogP contribution in [0.4, 0.5) is 0 Å². The highest BCUT2D eigenvalue weighted by Gasteiger charge is 2.04. The molecule has 0 atom stereocenters. The summed E-state index contributed by atoms with van der Waals surface area (Å²) in [5.74, 6) is 0.120. The number of pyridine rings is 1. The molecule has 2 aromatic rings. The molecular weight excluding hydrogens is 202 g/mol. The van der Waals surface area contributed by atoms with Crippen LogP contribution in [0, 0.1) is 0 Å². The Hall–Kier alpha value is -1.48. The first kappa shape index (κ1) is 9.09. The molecule has 0 aliphatic carbocycles. The number of halogens is 1. The summed E-state index contributed by atoms with van der Waals surface area (Å²) in [4.78, 5) is 11.4. The van der Waals surface area contributed by atoms with Crippen LogP contribution in [-0.4, -0.2) is 9.67 Å². The molecule has 2 rings (SSSR count). The molecule has 0 fully saturated rings. The normalized spacial score (nSPS) is 10.7. The molecule has 0 bridgehead atoms. The van der Waals surface area contributed by atoms with Crippen LogP contribution in [0.15, 0.2) is 29.1 Å². The van der Waals surface area contributed by atoms with Crippen LogP contribution in [0.5, 0.6) is 5.75 Å². The predicted octanol–water partition coefficient (Wildman–Crippen LogP) is 1.90. The number of fused-ring (bicyclic) bond motifs is 1. The summed E-state index contributed by atoms with van der Waals surface area (Å²) >= 11 is 5.89. The molecule has 0 unspecified atom stereocenters. The Morgan fingerprint density at radius 2 is 2.07 bits per heavy atom. The van der Waals surface area contributed by atoms with Crippen molar-refractivity contribution in [1.82, 2.24) is 4.57 Å². The lowest BCUT2D eigenvalue weighted by Crippen LogP contribution is -2.15. The largest absolute Gasteiger partial charge is 0.508 e. The van der Waals surface area contributed by atoms with E-state index < -0.39 is 0 Å². The molecule has 14 heavy (non-hydrogen) atoms. The summed E-state index contributed by atoms with van der Waals surface area (Å²) in [6.45, 7) is 0. The Bertz CT molecular complexity index is 560. The van der Waals surface area contributed by atoms with Crippen LogP contribution in [0.1, 0.15) is 0 Å². The average molecular weight is 210 g/mol. The lowest BCUT2D eigenvalue weighted by atomic mass is 10.2. The van der Waals surface area contributed by atoms with Gasteiger partial charge < -0.3 is 9.67 Å². The minimum atomic E-state index is -0.187. The monoisotopic (exact) mass is 209 g/mol. The number of aromatic nitrogens is 1. The summed E-state index contributed by atoms with van der Waals surface area (Å²) in [5.41, 5.74) is 0.440. The van der Waals surface area contributed by atoms with E-state index in [1.807, 2.05) is 0 Å². The number of hydrogen-bond acceptors (Lipinski definition) is 2. The SMILES string of the molecule is Cn1c(=O)cc(Cl)c2ccc(O)cc21. The molecule has 1 aromatic carbocycles. The van der Waals surface area contributed by atoms with E-state index in [0.717, 1.165) is 5.39 Å². The van der Waals surface area contributed by atoms with Crippen LogP contribution in [0.25, 0.3) is 10.9 Å². The number of phenols is 1. The number of aryl methyl sites for hydroxylation is 1. The molecule has 0 amide bonds.